The number of amides is 1. The van der Waals surface area contributed by atoms with E-state index in [9.17, 15) is 13.2 Å². The first-order valence-electron chi connectivity index (χ1n) is 9.88. The molecule has 0 bridgehead atoms. The maximum Gasteiger partial charge on any atom is 0.264 e. The van der Waals surface area contributed by atoms with Crippen LogP contribution in [-0.4, -0.2) is 39.8 Å². The molecule has 2 rings (SSSR count). The number of hydrogen-bond acceptors (Lipinski definition) is 5. The van der Waals surface area contributed by atoms with Crippen LogP contribution in [-0.2, 0) is 14.8 Å². The van der Waals surface area contributed by atoms with Gasteiger partial charge in [0.15, 0.2) is 0 Å². The summed E-state index contributed by atoms with van der Waals surface area (Å²) < 4.78 is 33.8. The van der Waals surface area contributed by atoms with Gasteiger partial charge in [0.2, 0.25) is 5.91 Å². The number of carbonyl (C=O) groups is 1. The fraction of sp³-hybridized carbons (Fsp3) is 0.409. The van der Waals surface area contributed by atoms with Gasteiger partial charge in [0.1, 0.15) is 12.3 Å². The third-order valence-corrected chi connectivity index (χ3v) is 7.27. The lowest BCUT2D eigenvalue weighted by Gasteiger charge is -2.27. The summed E-state index contributed by atoms with van der Waals surface area (Å²) in [4.78, 5) is 13.8. The monoisotopic (exact) mass is 450 g/mol. The number of carbonyl (C=O) groups excluding carboxylic acids is 1. The molecule has 0 heterocycles. The highest BCUT2D eigenvalue weighted by atomic mass is 32.2. The number of para-hydroxylation sites is 2. The van der Waals surface area contributed by atoms with Crippen molar-refractivity contribution in [1.82, 2.24) is 5.32 Å². The Morgan fingerprint density at radius 1 is 1.10 bits per heavy atom. The Balaban J connectivity index is 2.48. The van der Waals surface area contributed by atoms with Crippen molar-refractivity contribution < 1.29 is 17.9 Å². The third kappa shape index (κ3) is 5.92. The van der Waals surface area contributed by atoms with Crippen molar-refractivity contribution in [2.75, 3.05) is 23.7 Å². The number of anilines is 1. The first-order valence-corrected chi connectivity index (χ1v) is 12.5. The summed E-state index contributed by atoms with van der Waals surface area (Å²) >= 11 is 1.53. The van der Waals surface area contributed by atoms with Gasteiger partial charge in [0.05, 0.1) is 17.2 Å². The van der Waals surface area contributed by atoms with Crippen LogP contribution in [0.15, 0.2) is 58.3 Å². The van der Waals surface area contributed by atoms with Crippen molar-refractivity contribution in [2.45, 2.75) is 43.5 Å². The Kier molecular flexibility index (Phi) is 8.61. The van der Waals surface area contributed by atoms with Crippen LogP contribution in [0.4, 0.5) is 5.69 Å². The number of nitrogens with one attached hydrogen (secondary N) is 1. The van der Waals surface area contributed by atoms with Crippen molar-refractivity contribution in [3.05, 3.63) is 48.5 Å². The average Bonchev–Trinajstić information content (AvgIpc) is 2.72. The number of thioether (sulfide) groups is 1. The van der Waals surface area contributed by atoms with Crippen molar-refractivity contribution in [2.24, 2.45) is 5.92 Å². The van der Waals surface area contributed by atoms with Crippen LogP contribution in [0.3, 0.4) is 0 Å². The van der Waals surface area contributed by atoms with Crippen LogP contribution in [0.2, 0.25) is 0 Å². The number of sulfonamides is 1. The number of ether oxygens (including phenoxy) is 1. The van der Waals surface area contributed by atoms with Gasteiger partial charge in [0.25, 0.3) is 10.0 Å². The number of hydrogen-bond donors (Lipinski definition) is 1. The van der Waals surface area contributed by atoms with Gasteiger partial charge in [0, 0.05) is 10.9 Å². The van der Waals surface area contributed by atoms with E-state index < -0.39 is 10.0 Å². The molecule has 164 valence electrons. The highest BCUT2D eigenvalue weighted by molar-refractivity contribution is 7.98. The zero-order valence-electron chi connectivity index (χ0n) is 18.1. The average molecular weight is 451 g/mol. The maximum atomic E-state index is 13.5. The van der Waals surface area contributed by atoms with Crippen molar-refractivity contribution >= 4 is 33.4 Å². The van der Waals surface area contributed by atoms with E-state index in [1.165, 1.54) is 11.8 Å². The Morgan fingerprint density at radius 2 is 1.73 bits per heavy atom. The number of benzene rings is 2. The second kappa shape index (κ2) is 10.7. The molecular weight excluding hydrogens is 420 g/mol. The second-order valence-corrected chi connectivity index (χ2v) is 9.93. The molecule has 2 aromatic rings. The number of rotatable bonds is 10. The summed E-state index contributed by atoms with van der Waals surface area (Å²) in [7, 11) is -3.99. The molecule has 0 aliphatic heterocycles. The minimum atomic E-state index is -3.99. The maximum absolute atomic E-state index is 13.5. The highest BCUT2D eigenvalue weighted by Crippen LogP contribution is 2.32. The molecule has 0 spiro atoms. The lowest BCUT2D eigenvalue weighted by molar-refractivity contribution is -0.120. The first kappa shape index (κ1) is 24.1. The predicted molar refractivity (Wildman–Crippen MR) is 123 cm³/mol. The summed E-state index contributed by atoms with van der Waals surface area (Å²) in [6.07, 6.45) is 1.92. The van der Waals surface area contributed by atoms with E-state index in [-0.39, 0.29) is 29.3 Å². The first-order chi connectivity index (χ1) is 14.2. The molecule has 1 unspecified atom stereocenters. The lowest BCUT2D eigenvalue weighted by Crippen LogP contribution is -2.45. The Hall–Kier alpha value is -2.19. The van der Waals surface area contributed by atoms with Gasteiger partial charge in [-0.15, -0.1) is 11.8 Å². The third-order valence-electron chi connectivity index (χ3n) is 4.76. The van der Waals surface area contributed by atoms with Crippen molar-refractivity contribution in [1.29, 1.82) is 0 Å². The fourth-order valence-electron chi connectivity index (χ4n) is 2.71. The minimum Gasteiger partial charge on any atom is -0.492 e. The molecule has 0 saturated heterocycles. The van der Waals surface area contributed by atoms with Gasteiger partial charge in [-0.3, -0.25) is 9.10 Å². The van der Waals surface area contributed by atoms with Crippen molar-refractivity contribution in [3.63, 3.8) is 0 Å². The fourth-order valence-corrected chi connectivity index (χ4v) is 4.55. The molecule has 0 fully saturated rings. The molecule has 6 nitrogen and oxygen atoms in total. The van der Waals surface area contributed by atoms with E-state index in [1.54, 1.807) is 48.5 Å². The SMILES string of the molecule is CCOc1ccccc1N(CC(=O)NC(C)C(C)C)S(=O)(=O)c1ccc(SC)cc1. The van der Waals surface area contributed by atoms with Gasteiger partial charge < -0.3 is 10.1 Å². The Morgan fingerprint density at radius 3 is 2.30 bits per heavy atom. The molecule has 1 amide bonds. The Bertz CT molecular complexity index is 944. The van der Waals surface area contributed by atoms with E-state index in [0.29, 0.717) is 18.0 Å². The largest absolute Gasteiger partial charge is 0.492 e. The summed E-state index contributed by atoms with van der Waals surface area (Å²) in [6, 6.07) is 13.4. The molecule has 0 aliphatic carbocycles. The normalized spacial score (nSPS) is 12.5. The van der Waals surface area contributed by atoms with Crippen LogP contribution in [0.5, 0.6) is 5.75 Å². The molecule has 1 atom stereocenters. The summed E-state index contributed by atoms with van der Waals surface area (Å²) in [5.41, 5.74) is 0.334. The summed E-state index contributed by atoms with van der Waals surface area (Å²) in [5.74, 6) is 0.273. The second-order valence-electron chi connectivity index (χ2n) is 7.19. The molecule has 30 heavy (non-hydrogen) atoms. The van der Waals surface area contributed by atoms with Gasteiger partial charge >= 0.3 is 0 Å². The zero-order valence-corrected chi connectivity index (χ0v) is 19.7. The van der Waals surface area contributed by atoms with E-state index in [1.807, 2.05) is 34.0 Å². The lowest BCUT2D eigenvalue weighted by atomic mass is 10.1. The molecular formula is C22H30N2O4S2. The Labute approximate surface area is 184 Å². The van der Waals surface area contributed by atoms with Gasteiger partial charge in [-0.05, 0) is 62.4 Å². The van der Waals surface area contributed by atoms with Crippen LogP contribution < -0.4 is 14.4 Å². The van der Waals surface area contributed by atoms with Crippen LogP contribution in [0, 0.1) is 5.92 Å². The molecule has 0 aromatic heterocycles. The van der Waals surface area contributed by atoms with Crippen LogP contribution in [0.1, 0.15) is 27.7 Å². The van der Waals surface area contributed by atoms with Gasteiger partial charge in [-0.2, -0.15) is 0 Å². The highest BCUT2D eigenvalue weighted by Gasteiger charge is 2.30. The molecule has 0 aliphatic rings. The van der Waals surface area contributed by atoms with E-state index in [2.05, 4.69) is 5.32 Å². The zero-order chi connectivity index (χ0) is 22.3. The van der Waals surface area contributed by atoms with E-state index in [0.717, 1.165) is 9.20 Å². The predicted octanol–water partition coefficient (Wildman–Crippen LogP) is 4.16. The van der Waals surface area contributed by atoms with E-state index in [4.69, 9.17) is 4.74 Å². The summed E-state index contributed by atoms with van der Waals surface area (Å²) in [6.45, 7) is 7.76. The quantitative estimate of drug-likeness (QED) is 0.550. The van der Waals surface area contributed by atoms with Crippen molar-refractivity contribution in [3.8, 4) is 5.75 Å². The van der Waals surface area contributed by atoms with Crippen LogP contribution in [0.25, 0.3) is 0 Å². The van der Waals surface area contributed by atoms with Gasteiger partial charge in [-0.25, -0.2) is 8.42 Å². The summed E-state index contributed by atoms with van der Waals surface area (Å²) in [5, 5.41) is 2.88. The molecule has 0 saturated carbocycles. The standard InChI is InChI=1S/C22H30N2O4S2/c1-6-28-21-10-8-7-9-20(21)24(15-22(25)23-17(4)16(2)3)30(26,27)19-13-11-18(29-5)12-14-19/h7-14,16-17H,6,15H2,1-5H3,(H,23,25). The van der Waals surface area contributed by atoms with Gasteiger partial charge in [-0.1, -0.05) is 26.0 Å². The molecule has 8 heteroatoms. The topological polar surface area (TPSA) is 75.7 Å². The smallest absolute Gasteiger partial charge is 0.264 e. The molecule has 0 radical (unpaired) electrons. The van der Waals surface area contributed by atoms with Crippen LogP contribution >= 0.6 is 11.8 Å². The number of nitrogens with zero attached hydrogens (tertiary/aromatic N) is 1. The molecule has 2 aromatic carbocycles. The van der Waals surface area contributed by atoms with E-state index >= 15 is 0 Å². The minimum absolute atomic E-state index is 0.0787. The molecule has 1 N–H and O–H groups in total.